The van der Waals surface area contributed by atoms with Crippen molar-refractivity contribution in [2.45, 2.75) is 33.4 Å². The molecule has 122 valence electrons. The van der Waals surface area contributed by atoms with Crippen LogP contribution in [-0.4, -0.2) is 4.98 Å². The first-order valence-electron chi connectivity index (χ1n) is 8.44. The minimum absolute atomic E-state index is 0.329. The molecular formula is C22H24N2. The summed E-state index contributed by atoms with van der Waals surface area (Å²) in [6, 6.07) is 21.9. The average molecular weight is 316 g/mol. The monoisotopic (exact) mass is 316 g/mol. The van der Waals surface area contributed by atoms with Crippen molar-refractivity contribution in [2.75, 3.05) is 0 Å². The van der Waals surface area contributed by atoms with Gasteiger partial charge < -0.3 is 5.32 Å². The van der Waals surface area contributed by atoms with Crippen LogP contribution in [0.2, 0.25) is 0 Å². The molecule has 0 bridgehead atoms. The molecule has 24 heavy (non-hydrogen) atoms. The first-order chi connectivity index (χ1) is 11.6. The molecule has 0 amide bonds. The van der Waals surface area contributed by atoms with Crippen molar-refractivity contribution in [1.82, 2.24) is 10.3 Å². The maximum atomic E-state index is 4.39. The highest BCUT2D eigenvalue weighted by molar-refractivity contribution is 5.63. The van der Waals surface area contributed by atoms with Crippen LogP contribution in [0.5, 0.6) is 0 Å². The normalized spacial score (nSPS) is 12.1. The molecule has 0 aliphatic heterocycles. The van der Waals surface area contributed by atoms with Gasteiger partial charge in [0, 0.05) is 30.0 Å². The van der Waals surface area contributed by atoms with Crippen molar-refractivity contribution in [3.05, 3.63) is 89.2 Å². The zero-order valence-corrected chi connectivity index (χ0v) is 14.6. The second kappa shape index (κ2) is 7.41. The Hall–Kier alpha value is -2.45. The van der Waals surface area contributed by atoms with Crippen LogP contribution in [0.25, 0.3) is 11.1 Å². The van der Waals surface area contributed by atoms with E-state index in [2.05, 4.69) is 84.8 Å². The van der Waals surface area contributed by atoms with E-state index in [9.17, 15) is 0 Å². The molecule has 0 spiro atoms. The predicted molar refractivity (Wildman–Crippen MR) is 101 cm³/mol. The Morgan fingerprint density at radius 3 is 2.42 bits per heavy atom. The highest BCUT2D eigenvalue weighted by Crippen LogP contribution is 2.20. The van der Waals surface area contributed by atoms with Crippen LogP contribution in [0.4, 0.5) is 0 Å². The van der Waals surface area contributed by atoms with E-state index in [1.54, 1.807) is 0 Å². The van der Waals surface area contributed by atoms with Crippen molar-refractivity contribution in [1.29, 1.82) is 0 Å². The first-order valence-corrected chi connectivity index (χ1v) is 8.44. The quantitative estimate of drug-likeness (QED) is 0.698. The molecule has 2 heteroatoms. The van der Waals surface area contributed by atoms with Crippen LogP contribution in [-0.2, 0) is 6.54 Å². The van der Waals surface area contributed by atoms with Crippen LogP contribution in [0.3, 0.4) is 0 Å². The Labute approximate surface area is 144 Å². The molecule has 3 rings (SSSR count). The number of aromatic nitrogens is 1. The van der Waals surface area contributed by atoms with Gasteiger partial charge in [-0.3, -0.25) is 4.98 Å². The molecule has 0 aliphatic rings. The van der Waals surface area contributed by atoms with Crippen LogP contribution in [0.1, 0.15) is 35.3 Å². The summed E-state index contributed by atoms with van der Waals surface area (Å²) < 4.78 is 0. The molecule has 2 nitrogen and oxygen atoms in total. The first kappa shape index (κ1) is 16.4. The van der Waals surface area contributed by atoms with Gasteiger partial charge in [0.1, 0.15) is 0 Å². The number of hydrogen-bond donors (Lipinski definition) is 1. The fraction of sp³-hybridized carbons (Fsp3) is 0.227. The average Bonchev–Trinajstić information content (AvgIpc) is 2.61. The predicted octanol–water partition coefficient (Wildman–Crippen LogP) is 5.22. The molecule has 3 aromatic rings. The van der Waals surface area contributed by atoms with Gasteiger partial charge in [0.25, 0.3) is 0 Å². The minimum Gasteiger partial charge on any atom is -0.306 e. The SMILES string of the molecule is Cc1ccc([C@@H](C)NCc2cccc(-c3ccc(C)nc3)c2)cc1. The number of pyridine rings is 1. The van der Waals surface area contributed by atoms with Gasteiger partial charge in [-0.05, 0) is 49.6 Å². The zero-order valence-electron chi connectivity index (χ0n) is 14.6. The highest BCUT2D eigenvalue weighted by Gasteiger charge is 2.05. The summed E-state index contributed by atoms with van der Waals surface area (Å²) in [7, 11) is 0. The zero-order chi connectivity index (χ0) is 16.9. The van der Waals surface area contributed by atoms with Crippen LogP contribution in [0, 0.1) is 13.8 Å². The van der Waals surface area contributed by atoms with Gasteiger partial charge in [0.15, 0.2) is 0 Å². The van der Waals surface area contributed by atoms with Crippen molar-refractivity contribution in [2.24, 2.45) is 0 Å². The number of hydrogen-bond acceptors (Lipinski definition) is 2. The fourth-order valence-electron chi connectivity index (χ4n) is 2.74. The number of rotatable bonds is 5. The van der Waals surface area contributed by atoms with E-state index in [0.29, 0.717) is 6.04 Å². The van der Waals surface area contributed by atoms with Gasteiger partial charge in [-0.2, -0.15) is 0 Å². The lowest BCUT2D eigenvalue weighted by Gasteiger charge is -2.15. The van der Waals surface area contributed by atoms with Crippen LogP contribution < -0.4 is 5.32 Å². The minimum atomic E-state index is 0.329. The van der Waals surface area contributed by atoms with Crippen molar-refractivity contribution < 1.29 is 0 Å². The van der Waals surface area contributed by atoms with Gasteiger partial charge in [0.05, 0.1) is 0 Å². The molecule has 1 aromatic heterocycles. The maximum absolute atomic E-state index is 4.39. The maximum Gasteiger partial charge on any atom is 0.0373 e. The second-order valence-electron chi connectivity index (χ2n) is 6.40. The largest absolute Gasteiger partial charge is 0.306 e. The topological polar surface area (TPSA) is 24.9 Å². The molecule has 1 atom stereocenters. The molecule has 0 aliphatic carbocycles. The van der Waals surface area contributed by atoms with E-state index in [1.165, 1.54) is 22.3 Å². The van der Waals surface area contributed by atoms with Gasteiger partial charge >= 0.3 is 0 Å². The van der Waals surface area contributed by atoms with E-state index in [-0.39, 0.29) is 0 Å². The third-order valence-corrected chi connectivity index (χ3v) is 4.36. The highest BCUT2D eigenvalue weighted by atomic mass is 14.9. The summed E-state index contributed by atoms with van der Waals surface area (Å²) in [5.41, 5.74) is 7.32. The van der Waals surface area contributed by atoms with Crippen molar-refractivity contribution >= 4 is 0 Å². The van der Waals surface area contributed by atoms with Gasteiger partial charge in [-0.1, -0.05) is 54.1 Å². The van der Waals surface area contributed by atoms with Crippen LogP contribution in [0.15, 0.2) is 66.9 Å². The fourth-order valence-corrected chi connectivity index (χ4v) is 2.74. The Bertz CT molecular complexity index is 789. The Morgan fingerprint density at radius 1 is 0.917 bits per heavy atom. The van der Waals surface area contributed by atoms with Gasteiger partial charge in [0.2, 0.25) is 0 Å². The molecule has 1 N–H and O–H groups in total. The Morgan fingerprint density at radius 2 is 1.71 bits per heavy atom. The third-order valence-electron chi connectivity index (χ3n) is 4.36. The van der Waals surface area contributed by atoms with E-state index < -0.39 is 0 Å². The summed E-state index contributed by atoms with van der Waals surface area (Å²) in [5, 5.41) is 3.61. The molecule has 2 aromatic carbocycles. The summed E-state index contributed by atoms with van der Waals surface area (Å²) in [4.78, 5) is 4.39. The van der Waals surface area contributed by atoms with E-state index in [0.717, 1.165) is 17.8 Å². The van der Waals surface area contributed by atoms with E-state index in [1.807, 2.05) is 13.1 Å². The Kier molecular flexibility index (Phi) is 5.07. The van der Waals surface area contributed by atoms with Crippen molar-refractivity contribution in [3.63, 3.8) is 0 Å². The summed E-state index contributed by atoms with van der Waals surface area (Å²) >= 11 is 0. The lowest BCUT2D eigenvalue weighted by atomic mass is 10.0. The van der Waals surface area contributed by atoms with Gasteiger partial charge in [-0.15, -0.1) is 0 Å². The third kappa shape index (κ3) is 4.09. The lowest BCUT2D eigenvalue weighted by molar-refractivity contribution is 0.575. The molecule has 1 heterocycles. The van der Waals surface area contributed by atoms with E-state index in [4.69, 9.17) is 0 Å². The standard InChI is InChI=1S/C22H24N2/c1-16-7-10-20(11-8-16)18(3)24-14-19-5-4-6-21(13-19)22-12-9-17(2)23-15-22/h4-13,15,18,24H,14H2,1-3H3/t18-/m1/s1. The number of aryl methyl sites for hydroxylation is 2. The number of nitrogens with one attached hydrogen (secondary N) is 1. The molecule has 0 saturated heterocycles. The van der Waals surface area contributed by atoms with Gasteiger partial charge in [-0.25, -0.2) is 0 Å². The summed E-state index contributed by atoms with van der Waals surface area (Å²) in [6.07, 6.45) is 1.94. The molecule has 0 fully saturated rings. The summed E-state index contributed by atoms with van der Waals surface area (Å²) in [5.74, 6) is 0. The number of nitrogens with zero attached hydrogens (tertiary/aromatic N) is 1. The molecule has 0 unspecified atom stereocenters. The van der Waals surface area contributed by atoms with Crippen LogP contribution >= 0.6 is 0 Å². The smallest absolute Gasteiger partial charge is 0.0373 e. The molecule has 0 radical (unpaired) electrons. The lowest BCUT2D eigenvalue weighted by Crippen LogP contribution is -2.18. The summed E-state index contributed by atoms with van der Waals surface area (Å²) in [6.45, 7) is 7.18. The molecule has 0 saturated carbocycles. The van der Waals surface area contributed by atoms with E-state index >= 15 is 0 Å². The second-order valence-corrected chi connectivity index (χ2v) is 6.40. The number of benzene rings is 2. The molecular weight excluding hydrogens is 292 g/mol. The van der Waals surface area contributed by atoms with Crippen molar-refractivity contribution in [3.8, 4) is 11.1 Å². The Balaban J connectivity index is 1.68.